The summed E-state index contributed by atoms with van der Waals surface area (Å²) in [6, 6.07) is -0.314. The molecular weight excluding hydrogens is 131 g/mol. The highest BCUT2D eigenvalue weighted by atomic mass is 19.1. The molecule has 60 valence electrons. The van der Waals surface area contributed by atoms with E-state index in [1.807, 2.05) is 7.05 Å². The summed E-state index contributed by atoms with van der Waals surface area (Å²) in [6.45, 7) is 3.08. The fraction of sp³-hybridized carbons (Fsp3) is 1.00. The van der Waals surface area contributed by atoms with Crippen molar-refractivity contribution in [3.8, 4) is 0 Å². The van der Waals surface area contributed by atoms with Crippen molar-refractivity contribution in [3.63, 3.8) is 0 Å². The van der Waals surface area contributed by atoms with Gasteiger partial charge in [-0.15, -0.1) is 0 Å². The van der Waals surface area contributed by atoms with Crippen molar-refractivity contribution < 1.29 is 4.39 Å². The second kappa shape index (κ2) is 2.47. The lowest BCUT2D eigenvalue weighted by Crippen LogP contribution is -2.54. The molecule has 10 heavy (non-hydrogen) atoms. The van der Waals surface area contributed by atoms with Gasteiger partial charge >= 0.3 is 0 Å². The summed E-state index contributed by atoms with van der Waals surface area (Å²) in [4.78, 5) is 2.06. The number of hydrogen-bond donors (Lipinski definition) is 1. The van der Waals surface area contributed by atoms with E-state index >= 15 is 0 Å². The van der Waals surface area contributed by atoms with Gasteiger partial charge in [-0.05, 0) is 20.4 Å². The number of nitrogens with zero attached hydrogens (tertiary/aromatic N) is 1. The van der Waals surface area contributed by atoms with Gasteiger partial charge in [0.1, 0.15) is 5.67 Å². The van der Waals surface area contributed by atoms with Gasteiger partial charge in [-0.3, -0.25) is 0 Å². The summed E-state index contributed by atoms with van der Waals surface area (Å²) in [5, 5.41) is 0. The van der Waals surface area contributed by atoms with E-state index in [4.69, 9.17) is 5.73 Å². The summed E-state index contributed by atoms with van der Waals surface area (Å²) < 4.78 is 13.3. The quantitative estimate of drug-likeness (QED) is 0.535. The Morgan fingerprint density at radius 1 is 1.70 bits per heavy atom. The van der Waals surface area contributed by atoms with Crippen LogP contribution in [0.2, 0.25) is 0 Å². The maximum absolute atomic E-state index is 13.3. The number of nitrogens with two attached hydrogens (primary N) is 1. The SMILES string of the molecule is CN1CCC(C)(F)C(N)C1. The summed E-state index contributed by atoms with van der Waals surface area (Å²) in [7, 11) is 1.97. The molecule has 2 N–H and O–H groups in total. The van der Waals surface area contributed by atoms with Crippen LogP contribution in [0.25, 0.3) is 0 Å². The molecule has 0 aromatic heterocycles. The van der Waals surface area contributed by atoms with Crippen LogP contribution >= 0.6 is 0 Å². The van der Waals surface area contributed by atoms with E-state index < -0.39 is 5.67 Å². The maximum Gasteiger partial charge on any atom is 0.125 e. The highest BCUT2D eigenvalue weighted by Crippen LogP contribution is 2.23. The molecule has 0 amide bonds. The average Bonchev–Trinajstić information content (AvgIpc) is 1.81. The Kier molecular flexibility index (Phi) is 1.97. The van der Waals surface area contributed by atoms with Crippen LogP contribution in [0.5, 0.6) is 0 Å². The molecule has 2 nitrogen and oxygen atoms in total. The maximum atomic E-state index is 13.3. The Labute approximate surface area is 61.2 Å². The first-order chi connectivity index (χ1) is 4.52. The summed E-state index contributed by atoms with van der Waals surface area (Å²) in [6.07, 6.45) is 0.560. The number of hydrogen-bond acceptors (Lipinski definition) is 2. The van der Waals surface area contributed by atoms with Crippen molar-refractivity contribution in [2.24, 2.45) is 5.73 Å². The number of rotatable bonds is 0. The number of likely N-dealkylation sites (tertiary alicyclic amines) is 1. The molecule has 0 spiro atoms. The van der Waals surface area contributed by atoms with Crippen LogP contribution in [0, 0.1) is 0 Å². The van der Waals surface area contributed by atoms with Crippen LogP contribution in [-0.4, -0.2) is 36.7 Å². The molecule has 1 saturated heterocycles. The molecule has 1 fully saturated rings. The predicted octanol–water partition coefficient (Wildman–Crippen LogP) is 0.377. The van der Waals surface area contributed by atoms with Crippen molar-refractivity contribution in [1.29, 1.82) is 0 Å². The zero-order chi connectivity index (χ0) is 7.78. The second-order valence-electron chi connectivity index (χ2n) is 3.40. The zero-order valence-electron chi connectivity index (χ0n) is 6.60. The molecule has 0 aromatic carbocycles. The second-order valence-corrected chi connectivity index (χ2v) is 3.40. The molecule has 2 atom stereocenters. The third-order valence-corrected chi connectivity index (χ3v) is 2.26. The highest BCUT2D eigenvalue weighted by Gasteiger charge is 2.35. The summed E-state index contributed by atoms with van der Waals surface area (Å²) >= 11 is 0. The highest BCUT2D eigenvalue weighted by molar-refractivity contribution is 4.92. The minimum atomic E-state index is -1.15. The van der Waals surface area contributed by atoms with E-state index in [-0.39, 0.29) is 6.04 Å². The lowest BCUT2D eigenvalue weighted by atomic mass is 9.91. The molecule has 0 aliphatic carbocycles. The molecule has 2 unspecified atom stereocenters. The predicted molar refractivity (Wildman–Crippen MR) is 39.6 cm³/mol. The van der Waals surface area contributed by atoms with Gasteiger partial charge in [-0.25, -0.2) is 4.39 Å². The first-order valence-electron chi connectivity index (χ1n) is 3.65. The number of piperidine rings is 1. The van der Waals surface area contributed by atoms with Gasteiger partial charge in [0.2, 0.25) is 0 Å². The molecule has 1 rings (SSSR count). The van der Waals surface area contributed by atoms with E-state index in [0.29, 0.717) is 13.0 Å². The van der Waals surface area contributed by atoms with E-state index in [0.717, 1.165) is 6.54 Å². The first kappa shape index (κ1) is 7.95. The number of halogens is 1. The fourth-order valence-corrected chi connectivity index (χ4v) is 1.21. The monoisotopic (exact) mass is 146 g/mol. The summed E-state index contributed by atoms with van der Waals surface area (Å²) in [5.74, 6) is 0. The largest absolute Gasteiger partial charge is 0.324 e. The van der Waals surface area contributed by atoms with Crippen LogP contribution in [0.3, 0.4) is 0 Å². The Morgan fingerprint density at radius 2 is 2.30 bits per heavy atom. The molecule has 1 aliphatic heterocycles. The molecule has 3 heteroatoms. The summed E-state index contributed by atoms with van der Waals surface area (Å²) in [5.41, 5.74) is 4.44. The standard InChI is InChI=1S/C7H15FN2/c1-7(8)3-4-10(2)5-6(7)9/h6H,3-5,9H2,1-2H3. The van der Waals surface area contributed by atoms with E-state index in [1.54, 1.807) is 6.92 Å². The van der Waals surface area contributed by atoms with Crippen molar-refractivity contribution in [3.05, 3.63) is 0 Å². The molecule has 0 saturated carbocycles. The Balaban J connectivity index is 2.52. The average molecular weight is 146 g/mol. The lowest BCUT2D eigenvalue weighted by Gasteiger charge is -2.37. The van der Waals surface area contributed by atoms with Gasteiger partial charge in [0, 0.05) is 13.1 Å². The van der Waals surface area contributed by atoms with E-state index in [1.165, 1.54) is 0 Å². The van der Waals surface area contributed by atoms with Gasteiger partial charge in [0.15, 0.2) is 0 Å². The van der Waals surface area contributed by atoms with Gasteiger partial charge in [0.05, 0.1) is 6.04 Å². The Bertz CT molecular complexity index is 125. The molecular formula is C7H15FN2. The van der Waals surface area contributed by atoms with Crippen molar-refractivity contribution in [1.82, 2.24) is 4.90 Å². The van der Waals surface area contributed by atoms with Crippen molar-refractivity contribution >= 4 is 0 Å². The minimum Gasteiger partial charge on any atom is -0.324 e. The topological polar surface area (TPSA) is 29.3 Å². The molecule has 0 radical (unpaired) electrons. The van der Waals surface area contributed by atoms with Crippen LogP contribution < -0.4 is 5.73 Å². The van der Waals surface area contributed by atoms with Crippen molar-refractivity contribution in [2.45, 2.75) is 25.1 Å². The normalized spacial score (nSPS) is 43.8. The van der Waals surface area contributed by atoms with Crippen LogP contribution in [-0.2, 0) is 0 Å². The van der Waals surface area contributed by atoms with Crippen LogP contribution in [0.1, 0.15) is 13.3 Å². The third-order valence-electron chi connectivity index (χ3n) is 2.26. The number of likely N-dealkylation sites (N-methyl/N-ethyl adjacent to an activating group) is 1. The molecule has 1 heterocycles. The number of alkyl halides is 1. The minimum absolute atomic E-state index is 0.314. The Hall–Kier alpha value is -0.150. The Morgan fingerprint density at radius 3 is 2.70 bits per heavy atom. The molecule has 1 aliphatic rings. The lowest BCUT2D eigenvalue weighted by molar-refractivity contribution is 0.0629. The van der Waals surface area contributed by atoms with Gasteiger partial charge in [0.25, 0.3) is 0 Å². The van der Waals surface area contributed by atoms with E-state index in [9.17, 15) is 4.39 Å². The zero-order valence-corrected chi connectivity index (χ0v) is 6.60. The van der Waals surface area contributed by atoms with Gasteiger partial charge in [-0.1, -0.05) is 0 Å². The van der Waals surface area contributed by atoms with E-state index in [2.05, 4.69) is 4.90 Å². The first-order valence-corrected chi connectivity index (χ1v) is 3.65. The van der Waals surface area contributed by atoms with Crippen LogP contribution in [0.15, 0.2) is 0 Å². The van der Waals surface area contributed by atoms with Gasteiger partial charge in [-0.2, -0.15) is 0 Å². The third kappa shape index (κ3) is 1.47. The van der Waals surface area contributed by atoms with Crippen molar-refractivity contribution in [2.75, 3.05) is 20.1 Å². The van der Waals surface area contributed by atoms with Crippen LogP contribution in [0.4, 0.5) is 4.39 Å². The van der Waals surface area contributed by atoms with Gasteiger partial charge < -0.3 is 10.6 Å². The fourth-order valence-electron chi connectivity index (χ4n) is 1.21. The smallest absolute Gasteiger partial charge is 0.125 e. The molecule has 0 bridgehead atoms. The molecule has 0 aromatic rings.